The van der Waals surface area contributed by atoms with E-state index in [0.29, 0.717) is 20.3 Å². The van der Waals surface area contributed by atoms with Gasteiger partial charge in [0.1, 0.15) is 4.88 Å². The lowest BCUT2D eigenvalue weighted by molar-refractivity contribution is 0.0531. The van der Waals surface area contributed by atoms with E-state index in [1.165, 1.54) is 11.3 Å². The molecule has 1 aromatic rings. The van der Waals surface area contributed by atoms with Gasteiger partial charge in [0, 0.05) is 4.47 Å². The SMILES string of the molecule is CCOC(=O)c1sc(Cl)cc1Br. The van der Waals surface area contributed by atoms with Gasteiger partial charge in [0.15, 0.2) is 0 Å². The number of esters is 1. The van der Waals surface area contributed by atoms with E-state index in [-0.39, 0.29) is 5.97 Å². The quantitative estimate of drug-likeness (QED) is 0.770. The second kappa shape index (κ2) is 4.25. The lowest BCUT2D eigenvalue weighted by Gasteiger charge is -1.97. The van der Waals surface area contributed by atoms with Crippen molar-refractivity contribution in [3.8, 4) is 0 Å². The molecule has 0 spiro atoms. The molecule has 1 rings (SSSR count). The Kier molecular flexibility index (Phi) is 3.55. The molecule has 0 saturated heterocycles. The average Bonchev–Trinajstić information content (AvgIpc) is 2.30. The van der Waals surface area contributed by atoms with Gasteiger partial charge in [0.2, 0.25) is 0 Å². The number of rotatable bonds is 2. The summed E-state index contributed by atoms with van der Waals surface area (Å²) in [5.74, 6) is -0.332. The van der Waals surface area contributed by atoms with Crippen LogP contribution in [0.5, 0.6) is 0 Å². The minimum atomic E-state index is -0.332. The monoisotopic (exact) mass is 268 g/mol. The van der Waals surface area contributed by atoms with Gasteiger partial charge in [0.05, 0.1) is 10.9 Å². The Hall–Kier alpha value is -0.0600. The Balaban J connectivity index is 2.87. The molecule has 1 aromatic heterocycles. The van der Waals surface area contributed by atoms with Crippen LogP contribution in [0.1, 0.15) is 16.6 Å². The van der Waals surface area contributed by atoms with Crippen molar-refractivity contribution >= 4 is 44.8 Å². The molecule has 0 bridgehead atoms. The number of halogens is 2. The highest BCUT2D eigenvalue weighted by atomic mass is 79.9. The summed E-state index contributed by atoms with van der Waals surface area (Å²) in [7, 11) is 0. The first-order valence-electron chi connectivity index (χ1n) is 3.27. The van der Waals surface area contributed by atoms with Gasteiger partial charge >= 0.3 is 5.97 Å². The van der Waals surface area contributed by atoms with E-state index in [0.717, 1.165) is 0 Å². The molecule has 5 heteroatoms. The molecule has 0 N–H and O–H groups in total. The number of carbonyl (C=O) groups excluding carboxylic acids is 1. The van der Waals surface area contributed by atoms with Gasteiger partial charge in [-0.15, -0.1) is 11.3 Å². The number of hydrogen-bond acceptors (Lipinski definition) is 3. The van der Waals surface area contributed by atoms with Gasteiger partial charge in [-0.05, 0) is 28.9 Å². The molecule has 0 aromatic carbocycles. The van der Waals surface area contributed by atoms with Crippen LogP contribution in [-0.2, 0) is 4.74 Å². The van der Waals surface area contributed by atoms with Crippen LogP contribution in [0.2, 0.25) is 4.34 Å². The van der Waals surface area contributed by atoms with E-state index in [1.807, 2.05) is 0 Å². The summed E-state index contributed by atoms with van der Waals surface area (Å²) in [6.07, 6.45) is 0. The fourth-order valence-corrected chi connectivity index (χ4v) is 2.60. The van der Waals surface area contributed by atoms with Crippen molar-refractivity contribution in [2.45, 2.75) is 6.92 Å². The average molecular weight is 270 g/mol. The van der Waals surface area contributed by atoms with E-state index >= 15 is 0 Å². The van der Waals surface area contributed by atoms with Gasteiger partial charge in [-0.25, -0.2) is 4.79 Å². The zero-order valence-electron chi connectivity index (χ0n) is 6.27. The van der Waals surface area contributed by atoms with Gasteiger partial charge < -0.3 is 4.74 Å². The molecule has 12 heavy (non-hydrogen) atoms. The summed E-state index contributed by atoms with van der Waals surface area (Å²) in [6, 6.07) is 1.68. The van der Waals surface area contributed by atoms with Crippen LogP contribution in [0.15, 0.2) is 10.5 Å². The second-order valence-electron chi connectivity index (χ2n) is 1.95. The maximum Gasteiger partial charge on any atom is 0.349 e. The van der Waals surface area contributed by atoms with Gasteiger partial charge in [-0.3, -0.25) is 0 Å². The third kappa shape index (κ3) is 2.21. The molecule has 0 amide bonds. The van der Waals surface area contributed by atoms with Gasteiger partial charge in [-0.2, -0.15) is 0 Å². The molecule has 0 radical (unpaired) electrons. The predicted octanol–water partition coefficient (Wildman–Crippen LogP) is 3.34. The fourth-order valence-electron chi connectivity index (χ4n) is 0.677. The maximum absolute atomic E-state index is 11.2. The zero-order valence-corrected chi connectivity index (χ0v) is 9.42. The first kappa shape index (κ1) is 10.0. The molecule has 0 aliphatic rings. The molecule has 0 aliphatic heterocycles. The minimum absolute atomic E-state index is 0.332. The van der Waals surface area contributed by atoms with Crippen molar-refractivity contribution in [1.29, 1.82) is 0 Å². The molecule has 0 fully saturated rings. The molecule has 1 heterocycles. The Bertz CT molecular complexity index is 298. The Labute approximate surface area is 87.6 Å². The van der Waals surface area contributed by atoms with E-state index < -0.39 is 0 Å². The summed E-state index contributed by atoms with van der Waals surface area (Å²) in [4.78, 5) is 11.7. The highest BCUT2D eigenvalue weighted by molar-refractivity contribution is 9.10. The molecule has 0 saturated carbocycles. The fraction of sp³-hybridized carbons (Fsp3) is 0.286. The molecule has 0 atom stereocenters. The lowest BCUT2D eigenvalue weighted by Crippen LogP contribution is -2.02. The van der Waals surface area contributed by atoms with Crippen molar-refractivity contribution in [3.63, 3.8) is 0 Å². The van der Waals surface area contributed by atoms with Gasteiger partial charge in [-0.1, -0.05) is 11.6 Å². The van der Waals surface area contributed by atoms with Crippen molar-refractivity contribution < 1.29 is 9.53 Å². The summed E-state index contributed by atoms with van der Waals surface area (Å²) < 4.78 is 6.07. The van der Waals surface area contributed by atoms with Crippen molar-refractivity contribution in [2.75, 3.05) is 6.61 Å². The Morgan fingerprint density at radius 1 is 1.83 bits per heavy atom. The van der Waals surface area contributed by atoms with Crippen molar-refractivity contribution in [3.05, 3.63) is 19.8 Å². The third-order valence-electron chi connectivity index (χ3n) is 1.12. The molecule has 0 unspecified atom stereocenters. The van der Waals surface area contributed by atoms with E-state index in [2.05, 4.69) is 15.9 Å². The van der Waals surface area contributed by atoms with Crippen LogP contribution in [0, 0.1) is 0 Å². The van der Waals surface area contributed by atoms with E-state index in [9.17, 15) is 4.79 Å². The second-order valence-corrected chi connectivity index (χ2v) is 4.49. The third-order valence-corrected chi connectivity index (χ3v) is 3.25. The Morgan fingerprint density at radius 3 is 2.92 bits per heavy atom. The molecule has 66 valence electrons. The van der Waals surface area contributed by atoms with E-state index in [1.54, 1.807) is 13.0 Å². The molecular weight excluding hydrogens is 263 g/mol. The number of ether oxygens (including phenoxy) is 1. The first-order valence-corrected chi connectivity index (χ1v) is 5.26. The maximum atomic E-state index is 11.2. The molecule has 2 nitrogen and oxygen atoms in total. The zero-order chi connectivity index (χ0) is 9.14. The highest BCUT2D eigenvalue weighted by Crippen LogP contribution is 2.31. The summed E-state index contributed by atoms with van der Waals surface area (Å²) >= 11 is 10.1. The van der Waals surface area contributed by atoms with Crippen LogP contribution in [0.4, 0.5) is 0 Å². The summed E-state index contributed by atoms with van der Waals surface area (Å²) in [6.45, 7) is 2.14. The smallest absolute Gasteiger partial charge is 0.349 e. The summed E-state index contributed by atoms with van der Waals surface area (Å²) in [5, 5.41) is 0. The standard InChI is InChI=1S/C7H6BrClO2S/c1-2-11-7(10)6-4(8)3-5(9)12-6/h3H,2H2,1H3. The highest BCUT2D eigenvalue weighted by Gasteiger charge is 2.14. The summed E-state index contributed by atoms with van der Waals surface area (Å²) in [5.41, 5.74) is 0. The van der Waals surface area contributed by atoms with Crippen LogP contribution >= 0.6 is 38.9 Å². The van der Waals surface area contributed by atoms with Crippen LogP contribution in [0.3, 0.4) is 0 Å². The largest absolute Gasteiger partial charge is 0.462 e. The van der Waals surface area contributed by atoms with Crippen LogP contribution < -0.4 is 0 Å². The Morgan fingerprint density at radius 2 is 2.50 bits per heavy atom. The first-order chi connectivity index (χ1) is 5.65. The molecule has 0 aliphatic carbocycles. The minimum Gasteiger partial charge on any atom is -0.462 e. The lowest BCUT2D eigenvalue weighted by atomic mass is 10.5. The number of hydrogen-bond donors (Lipinski definition) is 0. The molecular formula is C7H6BrClO2S. The van der Waals surface area contributed by atoms with E-state index in [4.69, 9.17) is 16.3 Å². The van der Waals surface area contributed by atoms with Gasteiger partial charge in [0.25, 0.3) is 0 Å². The normalized spacial score (nSPS) is 9.92. The number of carbonyl (C=O) groups is 1. The van der Waals surface area contributed by atoms with Crippen LogP contribution in [-0.4, -0.2) is 12.6 Å². The topological polar surface area (TPSA) is 26.3 Å². The van der Waals surface area contributed by atoms with Crippen molar-refractivity contribution in [1.82, 2.24) is 0 Å². The predicted molar refractivity (Wildman–Crippen MR) is 53.0 cm³/mol. The van der Waals surface area contributed by atoms with Crippen LogP contribution in [0.25, 0.3) is 0 Å². The van der Waals surface area contributed by atoms with Crippen molar-refractivity contribution in [2.24, 2.45) is 0 Å². The number of thiophene rings is 1.